The van der Waals surface area contributed by atoms with Gasteiger partial charge in [-0.3, -0.25) is 9.59 Å². The number of nitrogens with one attached hydrogen (secondary N) is 1. The molecule has 0 aliphatic carbocycles. The van der Waals surface area contributed by atoms with Crippen molar-refractivity contribution in [3.05, 3.63) is 0 Å². The molecule has 0 unspecified atom stereocenters. The molecule has 0 aromatic carbocycles. The monoisotopic (exact) mass is 298 g/mol. The maximum Gasteiger partial charge on any atom is 0.219 e. The van der Waals surface area contributed by atoms with Crippen molar-refractivity contribution in [3.8, 4) is 0 Å². The van der Waals surface area contributed by atoms with Crippen LogP contribution in [0.3, 0.4) is 0 Å². The summed E-state index contributed by atoms with van der Waals surface area (Å²) in [5.41, 5.74) is 5.39. The van der Waals surface area contributed by atoms with Crippen molar-refractivity contribution in [1.29, 1.82) is 0 Å². The fraction of sp³-hybridized carbons (Fsp3) is 0.882. The quantitative estimate of drug-likeness (QED) is 0.455. The summed E-state index contributed by atoms with van der Waals surface area (Å²) in [5.74, 6) is 0.431. The van der Waals surface area contributed by atoms with E-state index in [2.05, 4.69) is 12.2 Å². The van der Waals surface area contributed by atoms with Crippen molar-refractivity contribution >= 4 is 11.7 Å². The third-order valence-corrected chi connectivity index (χ3v) is 3.62. The summed E-state index contributed by atoms with van der Waals surface area (Å²) >= 11 is 0. The fourth-order valence-corrected chi connectivity index (χ4v) is 2.24. The molecule has 0 saturated heterocycles. The summed E-state index contributed by atoms with van der Waals surface area (Å²) < 4.78 is 0. The molecule has 21 heavy (non-hydrogen) atoms. The van der Waals surface area contributed by atoms with Gasteiger partial charge in [-0.15, -0.1) is 0 Å². The van der Waals surface area contributed by atoms with Crippen molar-refractivity contribution in [1.82, 2.24) is 5.32 Å². The summed E-state index contributed by atoms with van der Waals surface area (Å²) in [4.78, 5) is 23.1. The van der Waals surface area contributed by atoms with Crippen LogP contribution in [0.1, 0.15) is 84.0 Å². The van der Waals surface area contributed by atoms with Crippen LogP contribution >= 0.6 is 0 Å². The van der Waals surface area contributed by atoms with Crippen LogP contribution in [0.25, 0.3) is 0 Å². The lowest BCUT2D eigenvalue weighted by molar-refractivity contribution is -0.122. The zero-order valence-corrected chi connectivity index (χ0v) is 13.8. The van der Waals surface area contributed by atoms with E-state index in [0.717, 1.165) is 38.6 Å². The van der Waals surface area contributed by atoms with Gasteiger partial charge in [0.05, 0.1) is 0 Å². The number of amides is 1. The Morgan fingerprint density at radius 3 is 2.10 bits per heavy atom. The van der Waals surface area contributed by atoms with Gasteiger partial charge < -0.3 is 11.1 Å². The molecule has 0 bridgehead atoms. The number of carbonyl (C=O) groups excluding carboxylic acids is 2. The lowest BCUT2D eigenvalue weighted by Gasteiger charge is -2.05. The highest BCUT2D eigenvalue weighted by atomic mass is 16.1. The van der Waals surface area contributed by atoms with Crippen LogP contribution in [0.5, 0.6) is 0 Å². The first kappa shape index (κ1) is 20.1. The molecule has 3 N–H and O–H groups in total. The van der Waals surface area contributed by atoms with Crippen molar-refractivity contribution in [2.45, 2.75) is 84.0 Å². The van der Waals surface area contributed by atoms with Crippen LogP contribution in [0, 0.1) is 0 Å². The molecule has 0 rings (SSSR count). The molecule has 0 aliphatic heterocycles. The minimum Gasteiger partial charge on any atom is -0.356 e. The summed E-state index contributed by atoms with van der Waals surface area (Å²) in [6, 6.07) is 0. The highest BCUT2D eigenvalue weighted by Gasteiger charge is 2.04. The smallest absolute Gasteiger partial charge is 0.219 e. The van der Waals surface area contributed by atoms with Crippen molar-refractivity contribution in [3.63, 3.8) is 0 Å². The largest absolute Gasteiger partial charge is 0.356 e. The number of ketones is 1. The van der Waals surface area contributed by atoms with E-state index in [1.165, 1.54) is 25.7 Å². The molecule has 4 nitrogen and oxygen atoms in total. The second kappa shape index (κ2) is 15.5. The Hall–Kier alpha value is -0.900. The van der Waals surface area contributed by atoms with Gasteiger partial charge in [-0.1, -0.05) is 32.6 Å². The number of carbonyl (C=O) groups is 2. The van der Waals surface area contributed by atoms with E-state index in [4.69, 9.17) is 5.73 Å². The second-order valence-electron chi connectivity index (χ2n) is 5.76. The maximum absolute atomic E-state index is 11.6. The van der Waals surface area contributed by atoms with Gasteiger partial charge in [0, 0.05) is 25.8 Å². The molecule has 0 aromatic rings. The molecule has 124 valence electrons. The molecule has 0 spiro atoms. The van der Waals surface area contributed by atoms with E-state index in [1.54, 1.807) is 0 Å². The zero-order valence-electron chi connectivity index (χ0n) is 13.8. The minimum atomic E-state index is 0.126. The van der Waals surface area contributed by atoms with Gasteiger partial charge in [0.2, 0.25) is 5.91 Å². The highest BCUT2D eigenvalue weighted by Crippen LogP contribution is 2.05. The summed E-state index contributed by atoms with van der Waals surface area (Å²) in [6.45, 7) is 3.65. The van der Waals surface area contributed by atoms with Gasteiger partial charge in [0.1, 0.15) is 5.78 Å². The molecule has 0 radical (unpaired) electrons. The van der Waals surface area contributed by atoms with Crippen LogP contribution in [0.2, 0.25) is 0 Å². The van der Waals surface area contributed by atoms with Crippen LogP contribution in [0.15, 0.2) is 0 Å². The van der Waals surface area contributed by atoms with E-state index in [1.807, 2.05) is 0 Å². The van der Waals surface area contributed by atoms with Crippen LogP contribution in [-0.4, -0.2) is 24.8 Å². The molecular formula is C17H34N2O2. The first-order chi connectivity index (χ1) is 10.2. The van der Waals surface area contributed by atoms with Gasteiger partial charge in [0.25, 0.3) is 0 Å². The van der Waals surface area contributed by atoms with Gasteiger partial charge in [-0.25, -0.2) is 0 Å². The Labute approximate surface area is 130 Å². The van der Waals surface area contributed by atoms with E-state index >= 15 is 0 Å². The van der Waals surface area contributed by atoms with Crippen molar-refractivity contribution in [2.24, 2.45) is 5.73 Å². The van der Waals surface area contributed by atoms with E-state index in [0.29, 0.717) is 31.6 Å². The van der Waals surface area contributed by atoms with E-state index < -0.39 is 0 Å². The first-order valence-electron chi connectivity index (χ1n) is 8.69. The van der Waals surface area contributed by atoms with Crippen LogP contribution in [0.4, 0.5) is 0 Å². The normalized spacial score (nSPS) is 10.6. The summed E-state index contributed by atoms with van der Waals surface area (Å²) in [6.07, 6.45) is 11.3. The maximum atomic E-state index is 11.6. The molecule has 1 amide bonds. The average molecular weight is 298 g/mol. The number of nitrogens with two attached hydrogens (primary N) is 1. The molecule has 0 heterocycles. The van der Waals surface area contributed by atoms with Crippen molar-refractivity contribution < 1.29 is 9.59 Å². The standard InChI is InChI=1S/C17H34N2O2/c1-2-3-4-5-10-15-19-17(21)13-7-6-11-16(20)12-8-9-14-18/h2-15,18H2,1H3,(H,19,21). The van der Waals surface area contributed by atoms with Crippen molar-refractivity contribution in [2.75, 3.05) is 13.1 Å². The number of unbranched alkanes of at least 4 members (excludes halogenated alkanes) is 6. The molecule has 0 saturated carbocycles. The number of rotatable bonds is 15. The Morgan fingerprint density at radius 1 is 0.810 bits per heavy atom. The van der Waals surface area contributed by atoms with Crippen LogP contribution in [-0.2, 0) is 9.59 Å². The van der Waals surface area contributed by atoms with Gasteiger partial charge in [0.15, 0.2) is 0 Å². The first-order valence-corrected chi connectivity index (χ1v) is 8.69. The molecule has 0 atom stereocenters. The summed E-state index contributed by atoms with van der Waals surface area (Å²) in [5, 5.41) is 2.95. The minimum absolute atomic E-state index is 0.126. The van der Waals surface area contributed by atoms with Gasteiger partial charge in [-0.2, -0.15) is 0 Å². The SMILES string of the molecule is CCCCCCCNC(=O)CCCCC(=O)CCCCN. The number of hydrogen-bond acceptors (Lipinski definition) is 3. The molecule has 0 aliphatic rings. The predicted molar refractivity (Wildman–Crippen MR) is 88.1 cm³/mol. The van der Waals surface area contributed by atoms with Gasteiger partial charge in [-0.05, 0) is 38.6 Å². The molecule has 0 aromatic heterocycles. The molecule has 0 fully saturated rings. The lowest BCUT2D eigenvalue weighted by Crippen LogP contribution is -2.24. The number of hydrogen-bond donors (Lipinski definition) is 2. The fourth-order valence-electron chi connectivity index (χ4n) is 2.24. The Kier molecular flexibility index (Phi) is 14.8. The number of Topliss-reactive ketones (excluding diaryl/α,β-unsaturated/α-hetero) is 1. The van der Waals surface area contributed by atoms with E-state index in [-0.39, 0.29) is 5.91 Å². The Bertz CT molecular complexity index is 268. The Balaban J connectivity index is 3.31. The second-order valence-corrected chi connectivity index (χ2v) is 5.76. The Morgan fingerprint density at radius 2 is 1.43 bits per heavy atom. The lowest BCUT2D eigenvalue weighted by atomic mass is 10.1. The third-order valence-electron chi connectivity index (χ3n) is 3.62. The molecular weight excluding hydrogens is 264 g/mol. The van der Waals surface area contributed by atoms with Gasteiger partial charge >= 0.3 is 0 Å². The topological polar surface area (TPSA) is 72.2 Å². The molecule has 4 heteroatoms. The zero-order chi connectivity index (χ0) is 15.8. The summed E-state index contributed by atoms with van der Waals surface area (Å²) in [7, 11) is 0. The highest BCUT2D eigenvalue weighted by molar-refractivity contribution is 5.78. The van der Waals surface area contributed by atoms with E-state index in [9.17, 15) is 9.59 Å². The third kappa shape index (κ3) is 15.3. The average Bonchev–Trinajstić information content (AvgIpc) is 2.47. The predicted octanol–water partition coefficient (Wildman–Crippen LogP) is 3.33. The van der Waals surface area contributed by atoms with Crippen LogP contribution < -0.4 is 11.1 Å².